The summed E-state index contributed by atoms with van der Waals surface area (Å²) in [6.45, 7) is 2.19. The van der Waals surface area contributed by atoms with Crippen LogP contribution in [0.3, 0.4) is 0 Å². The van der Waals surface area contributed by atoms with E-state index in [2.05, 4.69) is 12.2 Å². The van der Waals surface area contributed by atoms with E-state index in [1.807, 2.05) is 0 Å². The molecule has 0 aromatic rings. The molecule has 2 rings (SSSR count). The Hall–Kier alpha value is -0.910. The van der Waals surface area contributed by atoms with Crippen LogP contribution < -0.4 is 5.32 Å². The number of nitrogens with one attached hydrogen (secondary N) is 1. The highest BCUT2D eigenvalue weighted by molar-refractivity contribution is 7.99. The third kappa shape index (κ3) is 3.55. The van der Waals surface area contributed by atoms with E-state index in [0.29, 0.717) is 17.5 Å². The average Bonchev–Trinajstić information content (AvgIpc) is 2.88. The van der Waals surface area contributed by atoms with E-state index in [1.54, 1.807) is 0 Å². The molecule has 1 heterocycles. The molecule has 0 spiro atoms. The van der Waals surface area contributed by atoms with Crippen LogP contribution in [0.1, 0.15) is 39.0 Å². The zero-order valence-corrected chi connectivity index (χ0v) is 12.1. The quantitative estimate of drug-likeness (QED) is 0.834. The molecular weight excluding hydrogens is 264 g/mol. The van der Waals surface area contributed by atoms with Gasteiger partial charge >= 0.3 is 12.0 Å². The van der Waals surface area contributed by atoms with Crippen molar-refractivity contribution in [2.24, 2.45) is 5.92 Å². The van der Waals surface area contributed by atoms with Gasteiger partial charge in [0.15, 0.2) is 0 Å². The van der Waals surface area contributed by atoms with Crippen LogP contribution in [0.4, 0.5) is 4.79 Å². The van der Waals surface area contributed by atoms with Gasteiger partial charge in [0.05, 0.1) is 5.88 Å². The van der Waals surface area contributed by atoms with Gasteiger partial charge in [-0.25, -0.2) is 9.59 Å². The highest BCUT2D eigenvalue weighted by Gasteiger charge is 2.35. The summed E-state index contributed by atoms with van der Waals surface area (Å²) in [4.78, 5) is 24.7. The maximum atomic E-state index is 12.2. The summed E-state index contributed by atoms with van der Waals surface area (Å²) < 4.78 is 0. The number of aliphatic carboxylic acids is 1. The number of thioether (sulfide) groups is 1. The first-order chi connectivity index (χ1) is 9.11. The van der Waals surface area contributed by atoms with Crippen LogP contribution in [-0.4, -0.2) is 45.7 Å². The van der Waals surface area contributed by atoms with Gasteiger partial charge in [-0.2, -0.15) is 0 Å². The Kier molecular flexibility index (Phi) is 4.96. The molecule has 108 valence electrons. The second-order valence-electron chi connectivity index (χ2n) is 5.41. The number of carbonyl (C=O) groups is 2. The van der Waals surface area contributed by atoms with E-state index < -0.39 is 12.0 Å². The molecule has 1 saturated heterocycles. The molecule has 2 aliphatic rings. The number of hydrogen-bond acceptors (Lipinski definition) is 3. The molecule has 1 aliphatic carbocycles. The highest BCUT2D eigenvalue weighted by Crippen LogP contribution is 2.27. The average molecular weight is 286 g/mol. The van der Waals surface area contributed by atoms with Crippen LogP contribution >= 0.6 is 11.8 Å². The van der Waals surface area contributed by atoms with Gasteiger partial charge in [0, 0.05) is 11.8 Å². The van der Waals surface area contributed by atoms with Crippen LogP contribution in [0.5, 0.6) is 0 Å². The number of nitrogens with zero attached hydrogens (tertiary/aromatic N) is 1. The maximum Gasteiger partial charge on any atom is 0.327 e. The first-order valence-electron chi connectivity index (χ1n) is 6.99. The van der Waals surface area contributed by atoms with E-state index >= 15 is 0 Å². The largest absolute Gasteiger partial charge is 0.480 e. The summed E-state index contributed by atoms with van der Waals surface area (Å²) in [5, 5.41) is 12.1. The van der Waals surface area contributed by atoms with Crippen molar-refractivity contribution in [2.75, 3.05) is 11.6 Å². The SMILES string of the molecule is CCC1CCCC(NC(=O)N2CSC[C@H]2C(=O)O)C1. The first-order valence-corrected chi connectivity index (χ1v) is 8.15. The lowest BCUT2D eigenvalue weighted by atomic mass is 9.84. The molecule has 1 aliphatic heterocycles. The monoisotopic (exact) mass is 286 g/mol. The molecule has 1 saturated carbocycles. The van der Waals surface area contributed by atoms with Crippen molar-refractivity contribution < 1.29 is 14.7 Å². The van der Waals surface area contributed by atoms with Gasteiger partial charge < -0.3 is 15.3 Å². The lowest BCUT2D eigenvalue weighted by Crippen LogP contribution is -2.50. The van der Waals surface area contributed by atoms with Crippen molar-refractivity contribution >= 4 is 23.8 Å². The summed E-state index contributed by atoms with van der Waals surface area (Å²) in [6.07, 6.45) is 5.60. The highest BCUT2D eigenvalue weighted by atomic mass is 32.2. The van der Waals surface area contributed by atoms with Crippen molar-refractivity contribution in [1.82, 2.24) is 10.2 Å². The third-order valence-corrected chi connectivity index (χ3v) is 5.13. The predicted molar refractivity (Wildman–Crippen MR) is 75.2 cm³/mol. The lowest BCUT2D eigenvalue weighted by Gasteiger charge is -2.31. The van der Waals surface area contributed by atoms with Crippen molar-refractivity contribution in [3.63, 3.8) is 0 Å². The molecule has 2 unspecified atom stereocenters. The Balaban J connectivity index is 1.88. The molecule has 3 atom stereocenters. The number of carboxylic acid groups (broad SMARTS) is 1. The maximum absolute atomic E-state index is 12.2. The van der Waals surface area contributed by atoms with E-state index in [-0.39, 0.29) is 12.1 Å². The molecule has 19 heavy (non-hydrogen) atoms. The molecule has 0 radical (unpaired) electrons. The summed E-state index contributed by atoms with van der Waals surface area (Å²) in [5.74, 6) is 0.759. The normalized spacial score (nSPS) is 31.2. The van der Waals surface area contributed by atoms with Gasteiger partial charge in [-0.1, -0.05) is 26.2 Å². The molecule has 5 nitrogen and oxygen atoms in total. The van der Waals surface area contributed by atoms with Crippen molar-refractivity contribution in [3.05, 3.63) is 0 Å². The standard InChI is InChI=1S/C13H22N2O3S/c1-2-9-4-3-5-10(6-9)14-13(18)15-8-19-7-11(15)12(16)17/h9-11H,2-8H2,1H3,(H,14,18)(H,16,17)/t9?,10?,11-/m0/s1. The van der Waals surface area contributed by atoms with Crippen LogP contribution in [-0.2, 0) is 4.79 Å². The van der Waals surface area contributed by atoms with Gasteiger partial charge in [-0.05, 0) is 18.8 Å². The molecule has 2 fully saturated rings. The zero-order chi connectivity index (χ0) is 13.8. The van der Waals surface area contributed by atoms with Gasteiger partial charge in [-0.3, -0.25) is 0 Å². The number of hydrogen-bond donors (Lipinski definition) is 2. The van der Waals surface area contributed by atoms with Gasteiger partial charge in [-0.15, -0.1) is 11.8 Å². The van der Waals surface area contributed by atoms with Crippen LogP contribution in [0.2, 0.25) is 0 Å². The summed E-state index contributed by atoms with van der Waals surface area (Å²) >= 11 is 1.50. The Bertz CT molecular complexity index is 351. The molecule has 2 N–H and O–H groups in total. The number of carboxylic acids is 1. The Morgan fingerprint density at radius 1 is 1.42 bits per heavy atom. The number of rotatable bonds is 3. The van der Waals surface area contributed by atoms with E-state index in [4.69, 9.17) is 5.11 Å². The van der Waals surface area contributed by atoms with Gasteiger partial charge in [0.25, 0.3) is 0 Å². The smallest absolute Gasteiger partial charge is 0.327 e. The zero-order valence-electron chi connectivity index (χ0n) is 11.3. The number of urea groups is 1. The van der Waals surface area contributed by atoms with E-state index in [0.717, 1.165) is 25.7 Å². The van der Waals surface area contributed by atoms with Crippen molar-refractivity contribution in [2.45, 2.75) is 51.1 Å². The molecule has 0 aromatic carbocycles. The minimum atomic E-state index is -0.907. The topological polar surface area (TPSA) is 69.6 Å². The summed E-state index contributed by atoms with van der Waals surface area (Å²) in [6, 6.07) is -0.666. The Morgan fingerprint density at radius 3 is 2.89 bits per heavy atom. The van der Waals surface area contributed by atoms with Gasteiger partial charge in [0.1, 0.15) is 6.04 Å². The third-order valence-electron chi connectivity index (χ3n) is 4.12. The predicted octanol–water partition coefficient (Wildman–Crippen LogP) is 2.12. The minimum Gasteiger partial charge on any atom is -0.480 e. The van der Waals surface area contributed by atoms with Crippen LogP contribution in [0.25, 0.3) is 0 Å². The van der Waals surface area contributed by atoms with Crippen molar-refractivity contribution in [3.8, 4) is 0 Å². The number of carbonyl (C=O) groups excluding carboxylic acids is 1. The first kappa shape index (κ1) is 14.5. The lowest BCUT2D eigenvalue weighted by molar-refractivity contribution is -0.140. The second kappa shape index (κ2) is 6.50. The van der Waals surface area contributed by atoms with E-state index in [1.165, 1.54) is 23.1 Å². The van der Waals surface area contributed by atoms with E-state index in [9.17, 15) is 9.59 Å². The molecule has 6 heteroatoms. The minimum absolute atomic E-state index is 0.209. The molecule has 0 aromatic heterocycles. The Labute approximate surface area is 118 Å². The molecular formula is C13H22N2O3S. The molecule has 0 bridgehead atoms. The summed E-state index contributed by atoms with van der Waals surface area (Å²) in [7, 11) is 0. The fourth-order valence-corrected chi connectivity index (χ4v) is 4.04. The molecule has 2 amide bonds. The number of amides is 2. The fraction of sp³-hybridized carbons (Fsp3) is 0.846. The fourth-order valence-electron chi connectivity index (χ4n) is 2.90. The van der Waals surface area contributed by atoms with Gasteiger partial charge in [0.2, 0.25) is 0 Å². The Morgan fingerprint density at radius 2 is 2.21 bits per heavy atom. The van der Waals surface area contributed by atoms with Crippen LogP contribution in [0, 0.1) is 5.92 Å². The van der Waals surface area contributed by atoms with Crippen LogP contribution in [0.15, 0.2) is 0 Å². The van der Waals surface area contributed by atoms with Crippen molar-refractivity contribution in [1.29, 1.82) is 0 Å². The summed E-state index contributed by atoms with van der Waals surface area (Å²) in [5.41, 5.74) is 0. The second-order valence-corrected chi connectivity index (χ2v) is 6.41.